The summed E-state index contributed by atoms with van der Waals surface area (Å²) < 4.78 is 5.40. The van der Waals surface area contributed by atoms with Gasteiger partial charge in [-0.15, -0.1) is 0 Å². The molecule has 0 saturated carbocycles. The lowest BCUT2D eigenvalue weighted by Crippen LogP contribution is -2.04. The predicted octanol–water partition coefficient (Wildman–Crippen LogP) is 3.04. The van der Waals surface area contributed by atoms with Crippen LogP contribution in [0, 0.1) is 0 Å². The maximum atomic E-state index is 5.40. The molecule has 0 atom stereocenters. The van der Waals surface area contributed by atoms with E-state index in [1.165, 1.54) is 11.1 Å². The summed E-state index contributed by atoms with van der Waals surface area (Å²) >= 11 is 0. The highest BCUT2D eigenvalue weighted by molar-refractivity contribution is 5.02. The lowest BCUT2D eigenvalue weighted by Gasteiger charge is -2.01. The number of ether oxygens (including phenoxy) is 1. The molecule has 2 nitrogen and oxygen atoms in total. The second-order valence-electron chi connectivity index (χ2n) is 4.09. The molecule has 0 aliphatic rings. The van der Waals surface area contributed by atoms with E-state index < -0.39 is 0 Å². The molecule has 0 aliphatic heterocycles. The average molecular weight is 211 g/mol. The van der Waals surface area contributed by atoms with Gasteiger partial charge >= 0.3 is 0 Å². The first-order chi connectivity index (χ1) is 7.16. The number of allylic oxidation sites excluding steroid dienone is 3. The minimum Gasteiger partial charge on any atom is -0.377 e. The topological polar surface area (TPSA) is 35.2 Å². The minimum atomic E-state index is 0.712. The maximum absolute atomic E-state index is 5.40. The Morgan fingerprint density at radius 1 is 1.20 bits per heavy atom. The zero-order valence-corrected chi connectivity index (χ0v) is 10.4. The molecule has 0 rings (SSSR count). The van der Waals surface area contributed by atoms with Crippen molar-refractivity contribution in [3.8, 4) is 0 Å². The smallest absolute Gasteiger partial charge is 0.0649 e. The van der Waals surface area contributed by atoms with Crippen molar-refractivity contribution in [2.24, 2.45) is 5.73 Å². The number of rotatable bonds is 8. The van der Waals surface area contributed by atoms with Crippen LogP contribution in [-0.2, 0) is 4.74 Å². The molecule has 0 saturated heterocycles. The Bertz CT molecular complexity index is 203. The van der Waals surface area contributed by atoms with Crippen LogP contribution in [0.4, 0.5) is 0 Å². The SMILES string of the molecule is CC(C)=CCCC(C)=CCOCCCN. The minimum absolute atomic E-state index is 0.712. The van der Waals surface area contributed by atoms with Crippen LogP contribution in [0.15, 0.2) is 23.3 Å². The summed E-state index contributed by atoms with van der Waals surface area (Å²) in [5.41, 5.74) is 8.16. The van der Waals surface area contributed by atoms with Crippen LogP contribution < -0.4 is 5.73 Å². The molecule has 0 fully saturated rings. The van der Waals surface area contributed by atoms with Gasteiger partial charge in [-0.3, -0.25) is 0 Å². The molecule has 0 radical (unpaired) electrons. The summed E-state index contributed by atoms with van der Waals surface area (Å²) in [6, 6.07) is 0. The fourth-order valence-corrected chi connectivity index (χ4v) is 1.16. The number of hydrogen-bond donors (Lipinski definition) is 1. The van der Waals surface area contributed by atoms with E-state index in [4.69, 9.17) is 10.5 Å². The first-order valence-corrected chi connectivity index (χ1v) is 5.73. The highest BCUT2D eigenvalue weighted by Gasteiger charge is 1.89. The molecule has 0 aromatic rings. The molecule has 0 aliphatic carbocycles. The van der Waals surface area contributed by atoms with Crippen molar-refractivity contribution in [1.82, 2.24) is 0 Å². The van der Waals surface area contributed by atoms with Crippen LogP contribution >= 0.6 is 0 Å². The Morgan fingerprint density at radius 3 is 2.53 bits per heavy atom. The lowest BCUT2D eigenvalue weighted by atomic mass is 10.1. The third-order valence-corrected chi connectivity index (χ3v) is 2.13. The Kier molecular flexibility index (Phi) is 9.54. The summed E-state index contributed by atoms with van der Waals surface area (Å²) in [4.78, 5) is 0. The summed E-state index contributed by atoms with van der Waals surface area (Å²) in [7, 11) is 0. The van der Waals surface area contributed by atoms with Crippen molar-refractivity contribution >= 4 is 0 Å². The van der Waals surface area contributed by atoms with Crippen LogP contribution in [0.2, 0.25) is 0 Å². The van der Waals surface area contributed by atoms with Gasteiger partial charge in [0, 0.05) is 6.61 Å². The Morgan fingerprint density at radius 2 is 1.93 bits per heavy atom. The van der Waals surface area contributed by atoms with E-state index in [2.05, 4.69) is 32.9 Å². The summed E-state index contributed by atoms with van der Waals surface area (Å²) in [5, 5.41) is 0. The normalized spacial score (nSPS) is 11.6. The quantitative estimate of drug-likeness (QED) is 0.495. The molecule has 88 valence electrons. The second-order valence-corrected chi connectivity index (χ2v) is 4.09. The molecule has 2 N–H and O–H groups in total. The van der Waals surface area contributed by atoms with Gasteiger partial charge in [0.2, 0.25) is 0 Å². The van der Waals surface area contributed by atoms with Gasteiger partial charge in [0.05, 0.1) is 6.61 Å². The molecule has 0 amide bonds. The molecular weight excluding hydrogens is 186 g/mol. The Labute approximate surface area is 94.2 Å². The van der Waals surface area contributed by atoms with Gasteiger partial charge < -0.3 is 10.5 Å². The first-order valence-electron chi connectivity index (χ1n) is 5.73. The van der Waals surface area contributed by atoms with Crippen molar-refractivity contribution in [3.05, 3.63) is 23.3 Å². The summed E-state index contributed by atoms with van der Waals surface area (Å²) in [6.45, 7) is 8.63. The largest absolute Gasteiger partial charge is 0.377 e. The fraction of sp³-hybridized carbons (Fsp3) is 0.692. The van der Waals surface area contributed by atoms with Crippen LogP contribution in [0.5, 0.6) is 0 Å². The summed E-state index contributed by atoms with van der Waals surface area (Å²) in [6.07, 6.45) is 7.64. The van der Waals surface area contributed by atoms with Crippen LogP contribution in [0.25, 0.3) is 0 Å². The van der Waals surface area contributed by atoms with Gasteiger partial charge in [-0.2, -0.15) is 0 Å². The maximum Gasteiger partial charge on any atom is 0.0649 e. The van der Waals surface area contributed by atoms with E-state index in [0.717, 1.165) is 32.5 Å². The van der Waals surface area contributed by atoms with E-state index >= 15 is 0 Å². The standard InChI is InChI=1S/C13H25NO/c1-12(2)6-4-7-13(3)8-11-15-10-5-9-14/h6,8H,4-5,7,9-11,14H2,1-3H3. The van der Waals surface area contributed by atoms with Crippen molar-refractivity contribution in [3.63, 3.8) is 0 Å². The van der Waals surface area contributed by atoms with Gasteiger partial charge in [-0.25, -0.2) is 0 Å². The summed E-state index contributed by atoms with van der Waals surface area (Å²) in [5.74, 6) is 0. The zero-order valence-electron chi connectivity index (χ0n) is 10.4. The van der Waals surface area contributed by atoms with Gasteiger partial charge in [-0.05, 0) is 46.6 Å². The first kappa shape index (κ1) is 14.4. The predicted molar refractivity (Wildman–Crippen MR) is 66.9 cm³/mol. The van der Waals surface area contributed by atoms with E-state index in [1.54, 1.807) is 0 Å². The molecular formula is C13H25NO. The third kappa shape index (κ3) is 11.3. The number of hydrogen-bond acceptors (Lipinski definition) is 2. The molecule has 0 bridgehead atoms. The van der Waals surface area contributed by atoms with Gasteiger partial charge in [0.25, 0.3) is 0 Å². The molecule has 0 unspecified atom stereocenters. The van der Waals surface area contributed by atoms with E-state index in [9.17, 15) is 0 Å². The van der Waals surface area contributed by atoms with E-state index in [0.29, 0.717) is 6.54 Å². The highest BCUT2D eigenvalue weighted by atomic mass is 16.5. The second kappa shape index (κ2) is 9.94. The van der Waals surface area contributed by atoms with Crippen LogP contribution in [0.1, 0.15) is 40.0 Å². The zero-order chi connectivity index (χ0) is 11.5. The van der Waals surface area contributed by atoms with Crippen molar-refractivity contribution in [2.45, 2.75) is 40.0 Å². The molecule has 15 heavy (non-hydrogen) atoms. The van der Waals surface area contributed by atoms with Crippen molar-refractivity contribution in [1.29, 1.82) is 0 Å². The molecule has 0 heterocycles. The Hall–Kier alpha value is -0.600. The van der Waals surface area contributed by atoms with Crippen molar-refractivity contribution < 1.29 is 4.74 Å². The van der Waals surface area contributed by atoms with Gasteiger partial charge in [-0.1, -0.05) is 23.3 Å². The molecule has 0 aromatic carbocycles. The molecule has 0 spiro atoms. The lowest BCUT2D eigenvalue weighted by molar-refractivity contribution is 0.160. The Balaban J connectivity index is 3.48. The van der Waals surface area contributed by atoms with Gasteiger partial charge in [0.15, 0.2) is 0 Å². The van der Waals surface area contributed by atoms with Crippen LogP contribution in [0.3, 0.4) is 0 Å². The van der Waals surface area contributed by atoms with Gasteiger partial charge in [0.1, 0.15) is 0 Å². The fourth-order valence-electron chi connectivity index (χ4n) is 1.16. The third-order valence-electron chi connectivity index (χ3n) is 2.13. The van der Waals surface area contributed by atoms with E-state index in [-0.39, 0.29) is 0 Å². The number of nitrogens with two attached hydrogens (primary N) is 1. The highest BCUT2D eigenvalue weighted by Crippen LogP contribution is 2.06. The average Bonchev–Trinajstić information content (AvgIpc) is 2.17. The van der Waals surface area contributed by atoms with Crippen molar-refractivity contribution in [2.75, 3.05) is 19.8 Å². The molecule has 2 heteroatoms. The molecule has 0 aromatic heterocycles. The van der Waals surface area contributed by atoms with Crippen LogP contribution in [-0.4, -0.2) is 19.8 Å². The van der Waals surface area contributed by atoms with E-state index in [1.807, 2.05) is 0 Å². The monoisotopic (exact) mass is 211 g/mol.